The molecular formula is C27H35N5O7. The molecule has 3 heterocycles. The normalized spacial score (nSPS) is 20.4. The Bertz CT molecular complexity index is 1240. The number of benzene rings is 1. The third-order valence-electron chi connectivity index (χ3n) is 7.21. The van der Waals surface area contributed by atoms with Crippen LogP contribution in [-0.2, 0) is 9.59 Å². The molecule has 12 nitrogen and oxygen atoms in total. The first kappa shape index (κ1) is 27.9. The molecule has 2 N–H and O–H groups in total. The molecule has 4 rings (SSSR count). The van der Waals surface area contributed by atoms with Gasteiger partial charge in [0.25, 0.3) is 11.8 Å². The Balaban J connectivity index is 1.56. The van der Waals surface area contributed by atoms with Crippen LogP contribution >= 0.6 is 0 Å². The van der Waals surface area contributed by atoms with Crippen LogP contribution in [0.4, 0.5) is 0 Å². The number of rotatable bonds is 8. The summed E-state index contributed by atoms with van der Waals surface area (Å²) in [7, 11) is 3.01. The SMILES string of the molecule is CNC(=O)CNC(=O)C1CN(C(=O)c2ncoc2C)CC2CN(C(=O)c3ccc(OC(C)C)c(OC)c3)CC21. The average Bonchev–Trinajstić information content (AvgIpc) is 3.56. The van der Waals surface area contributed by atoms with Crippen molar-refractivity contribution in [1.82, 2.24) is 25.4 Å². The monoisotopic (exact) mass is 541 g/mol. The number of aromatic nitrogens is 1. The van der Waals surface area contributed by atoms with E-state index >= 15 is 0 Å². The smallest absolute Gasteiger partial charge is 0.276 e. The van der Waals surface area contributed by atoms with Gasteiger partial charge < -0.3 is 34.3 Å². The van der Waals surface area contributed by atoms with Gasteiger partial charge in [-0.25, -0.2) is 4.98 Å². The van der Waals surface area contributed by atoms with Crippen molar-refractivity contribution in [3.05, 3.63) is 41.6 Å². The Morgan fingerprint density at radius 1 is 1.08 bits per heavy atom. The number of carbonyl (C=O) groups is 4. The molecule has 0 bridgehead atoms. The lowest BCUT2D eigenvalue weighted by Gasteiger charge is -2.39. The van der Waals surface area contributed by atoms with Crippen LogP contribution in [0.5, 0.6) is 11.5 Å². The minimum Gasteiger partial charge on any atom is -0.493 e. The summed E-state index contributed by atoms with van der Waals surface area (Å²) in [6.45, 7) is 6.52. The van der Waals surface area contributed by atoms with Crippen LogP contribution in [0.15, 0.2) is 29.0 Å². The Kier molecular flexibility index (Phi) is 8.41. The van der Waals surface area contributed by atoms with Gasteiger partial charge in [0.05, 0.1) is 25.7 Å². The molecule has 0 radical (unpaired) electrons. The van der Waals surface area contributed by atoms with E-state index in [-0.39, 0.29) is 60.4 Å². The number of nitrogens with zero attached hydrogens (tertiary/aromatic N) is 3. The lowest BCUT2D eigenvalue weighted by molar-refractivity contribution is -0.131. The number of nitrogens with one attached hydrogen (secondary N) is 2. The van der Waals surface area contributed by atoms with Crippen LogP contribution < -0.4 is 20.1 Å². The quantitative estimate of drug-likeness (QED) is 0.506. The van der Waals surface area contributed by atoms with Crippen molar-refractivity contribution in [1.29, 1.82) is 0 Å². The highest BCUT2D eigenvalue weighted by Gasteiger charge is 2.48. The van der Waals surface area contributed by atoms with E-state index in [9.17, 15) is 19.2 Å². The number of hydrogen-bond donors (Lipinski definition) is 2. The summed E-state index contributed by atoms with van der Waals surface area (Å²) in [5.41, 5.74) is 0.632. The Morgan fingerprint density at radius 2 is 1.79 bits per heavy atom. The predicted molar refractivity (Wildman–Crippen MR) is 139 cm³/mol. The number of oxazole rings is 1. The highest BCUT2D eigenvalue weighted by molar-refractivity contribution is 5.96. The zero-order valence-corrected chi connectivity index (χ0v) is 22.9. The average molecular weight is 542 g/mol. The topological polar surface area (TPSA) is 143 Å². The summed E-state index contributed by atoms with van der Waals surface area (Å²) in [6, 6.07) is 5.06. The number of piperidine rings is 1. The maximum absolute atomic E-state index is 13.5. The maximum atomic E-state index is 13.5. The number of aryl methyl sites for hydroxylation is 1. The van der Waals surface area contributed by atoms with Gasteiger partial charge in [-0.15, -0.1) is 0 Å². The fourth-order valence-electron chi connectivity index (χ4n) is 5.27. The van der Waals surface area contributed by atoms with Gasteiger partial charge in [-0.1, -0.05) is 0 Å². The molecule has 12 heteroatoms. The summed E-state index contributed by atoms with van der Waals surface area (Å²) in [5.74, 6) is -0.748. The van der Waals surface area contributed by atoms with E-state index in [2.05, 4.69) is 15.6 Å². The van der Waals surface area contributed by atoms with Gasteiger partial charge >= 0.3 is 0 Å². The Labute approximate surface area is 227 Å². The second kappa shape index (κ2) is 11.7. The van der Waals surface area contributed by atoms with Gasteiger partial charge in [0.2, 0.25) is 11.8 Å². The van der Waals surface area contributed by atoms with E-state index in [1.54, 1.807) is 34.9 Å². The number of carbonyl (C=O) groups excluding carboxylic acids is 4. The number of amides is 4. The molecule has 2 aliphatic heterocycles. The van der Waals surface area contributed by atoms with Gasteiger partial charge in [-0.05, 0) is 50.8 Å². The molecule has 210 valence electrons. The number of methoxy groups -OCH3 is 1. The maximum Gasteiger partial charge on any atom is 0.276 e. The molecule has 2 fully saturated rings. The van der Waals surface area contributed by atoms with Crippen molar-refractivity contribution in [3.63, 3.8) is 0 Å². The Hall–Kier alpha value is -4.09. The van der Waals surface area contributed by atoms with E-state index in [0.29, 0.717) is 42.5 Å². The van der Waals surface area contributed by atoms with Gasteiger partial charge in [0.1, 0.15) is 5.76 Å². The van der Waals surface area contributed by atoms with Crippen molar-refractivity contribution < 1.29 is 33.1 Å². The second-order valence-corrected chi connectivity index (χ2v) is 10.1. The van der Waals surface area contributed by atoms with Gasteiger partial charge in [-0.3, -0.25) is 19.2 Å². The van der Waals surface area contributed by atoms with E-state index in [4.69, 9.17) is 13.9 Å². The van der Waals surface area contributed by atoms with Crippen LogP contribution in [-0.4, -0.2) is 91.4 Å². The molecule has 0 spiro atoms. The summed E-state index contributed by atoms with van der Waals surface area (Å²) in [4.78, 5) is 59.1. The predicted octanol–water partition coefficient (Wildman–Crippen LogP) is 1.10. The first-order valence-electron chi connectivity index (χ1n) is 12.9. The van der Waals surface area contributed by atoms with Crippen molar-refractivity contribution >= 4 is 23.6 Å². The molecule has 4 amide bonds. The summed E-state index contributed by atoms with van der Waals surface area (Å²) >= 11 is 0. The third-order valence-corrected chi connectivity index (χ3v) is 7.21. The van der Waals surface area contributed by atoms with Crippen LogP contribution in [0.2, 0.25) is 0 Å². The summed E-state index contributed by atoms with van der Waals surface area (Å²) in [6.07, 6.45) is 1.16. The van der Waals surface area contributed by atoms with Crippen LogP contribution in [0, 0.1) is 24.7 Å². The highest BCUT2D eigenvalue weighted by atomic mass is 16.5. The second-order valence-electron chi connectivity index (χ2n) is 10.1. The van der Waals surface area contributed by atoms with E-state index in [1.165, 1.54) is 20.6 Å². The first-order chi connectivity index (χ1) is 18.6. The zero-order chi connectivity index (χ0) is 28.3. The molecule has 2 aromatic rings. The molecule has 2 saturated heterocycles. The minimum absolute atomic E-state index is 0.0552. The number of ether oxygens (including phenoxy) is 2. The van der Waals surface area contributed by atoms with Crippen LogP contribution in [0.1, 0.15) is 40.5 Å². The molecule has 3 unspecified atom stereocenters. The summed E-state index contributed by atoms with van der Waals surface area (Å²) < 4.78 is 16.4. The van der Waals surface area contributed by atoms with E-state index in [0.717, 1.165) is 0 Å². The van der Waals surface area contributed by atoms with Crippen molar-refractivity contribution in [3.8, 4) is 11.5 Å². The number of hydrogen-bond acceptors (Lipinski definition) is 8. The van der Waals surface area contributed by atoms with Crippen molar-refractivity contribution in [2.75, 3.05) is 46.9 Å². The number of fused-ring (bicyclic) bond motifs is 1. The molecular weight excluding hydrogens is 506 g/mol. The molecule has 0 aliphatic carbocycles. The molecule has 39 heavy (non-hydrogen) atoms. The molecule has 2 aliphatic rings. The third kappa shape index (κ3) is 5.99. The number of likely N-dealkylation sites (tertiary alicyclic amines) is 2. The Morgan fingerprint density at radius 3 is 2.41 bits per heavy atom. The lowest BCUT2D eigenvalue weighted by atomic mass is 9.79. The standard InChI is InChI=1S/C27H35N5O7/c1-15(2)39-21-7-6-17(8-22(21)37-5)26(35)31-10-18-11-32(27(36)24-16(3)38-14-30-24)13-20(19(18)12-31)25(34)29-9-23(33)28-4/h6-8,14-15,18-20H,9-13H2,1-5H3,(H,28,33)(H,29,34). The van der Waals surface area contributed by atoms with Crippen LogP contribution in [0.25, 0.3) is 0 Å². The summed E-state index contributed by atoms with van der Waals surface area (Å²) in [5, 5.41) is 5.15. The fourth-order valence-corrected chi connectivity index (χ4v) is 5.27. The van der Waals surface area contributed by atoms with Crippen molar-refractivity contribution in [2.24, 2.45) is 17.8 Å². The molecule has 0 saturated carbocycles. The molecule has 3 atom stereocenters. The lowest BCUT2D eigenvalue weighted by Crippen LogP contribution is -2.54. The van der Waals surface area contributed by atoms with Gasteiger partial charge in [-0.2, -0.15) is 0 Å². The van der Waals surface area contributed by atoms with E-state index in [1.807, 2.05) is 13.8 Å². The first-order valence-corrected chi connectivity index (χ1v) is 12.9. The molecule has 1 aromatic heterocycles. The minimum atomic E-state index is -0.612. The fraction of sp³-hybridized carbons (Fsp3) is 0.519. The largest absolute Gasteiger partial charge is 0.493 e. The van der Waals surface area contributed by atoms with Gasteiger partial charge in [0.15, 0.2) is 23.6 Å². The highest BCUT2D eigenvalue weighted by Crippen LogP contribution is 2.37. The van der Waals surface area contributed by atoms with Crippen LogP contribution in [0.3, 0.4) is 0 Å². The number of likely N-dealkylation sites (N-methyl/N-ethyl adjacent to an activating group) is 1. The van der Waals surface area contributed by atoms with Crippen molar-refractivity contribution in [2.45, 2.75) is 26.9 Å². The zero-order valence-electron chi connectivity index (χ0n) is 22.9. The van der Waals surface area contributed by atoms with Gasteiger partial charge in [0, 0.05) is 38.8 Å². The molecule has 1 aromatic carbocycles. The van der Waals surface area contributed by atoms with E-state index < -0.39 is 5.92 Å².